The third kappa shape index (κ3) is 4.62. The van der Waals surface area contributed by atoms with Gasteiger partial charge in [-0.2, -0.15) is 0 Å². The number of amides is 2. The van der Waals surface area contributed by atoms with Gasteiger partial charge in [-0.05, 0) is 25.0 Å². The lowest BCUT2D eigenvalue weighted by atomic mass is 9.83. The van der Waals surface area contributed by atoms with Crippen molar-refractivity contribution in [2.45, 2.75) is 31.8 Å². The number of hydrogen-bond donors (Lipinski definition) is 2. The second kappa shape index (κ2) is 9.43. The Labute approximate surface area is 177 Å². The third-order valence-corrected chi connectivity index (χ3v) is 5.43. The number of rotatable bonds is 4. The highest BCUT2D eigenvalue weighted by molar-refractivity contribution is 5.95. The fourth-order valence-corrected chi connectivity index (χ4v) is 3.96. The standard InChI is InChI=1S/C23H28N4O3/c1-16(2)26-14-19(27(15-20(26)28)22(24)25-23(29)30-3)21(17-10-6-4-7-11-17)18-12-8-5-9-13-18/h4-13,16,19,21H,14-15H2,1-3H3,(H2,24,25,29)/t19-/m1/s1. The van der Waals surface area contributed by atoms with Gasteiger partial charge in [0.05, 0.1) is 13.2 Å². The first-order valence-corrected chi connectivity index (χ1v) is 10.0. The fourth-order valence-electron chi connectivity index (χ4n) is 3.96. The summed E-state index contributed by atoms with van der Waals surface area (Å²) in [6.45, 7) is 4.43. The van der Waals surface area contributed by atoms with E-state index < -0.39 is 6.09 Å². The predicted molar refractivity (Wildman–Crippen MR) is 115 cm³/mol. The SMILES string of the molecule is COC(=O)NC(=N)N1CC(=O)N(C(C)C)C[C@@H]1C(c1ccccc1)c1ccccc1. The number of methoxy groups -OCH3 is 1. The largest absolute Gasteiger partial charge is 0.453 e. The van der Waals surface area contributed by atoms with E-state index in [4.69, 9.17) is 5.41 Å². The third-order valence-electron chi connectivity index (χ3n) is 5.43. The zero-order chi connectivity index (χ0) is 21.7. The van der Waals surface area contributed by atoms with Crippen LogP contribution in [0.1, 0.15) is 30.9 Å². The molecule has 1 saturated heterocycles. The Hall–Kier alpha value is -3.35. The highest BCUT2D eigenvalue weighted by atomic mass is 16.5. The van der Waals surface area contributed by atoms with Gasteiger partial charge in [-0.15, -0.1) is 0 Å². The maximum absolute atomic E-state index is 12.8. The van der Waals surface area contributed by atoms with Gasteiger partial charge in [0, 0.05) is 18.5 Å². The number of nitrogens with one attached hydrogen (secondary N) is 2. The smallest absolute Gasteiger partial charge is 0.413 e. The van der Waals surface area contributed by atoms with E-state index in [0.29, 0.717) is 6.54 Å². The van der Waals surface area contributed by atoms with E-state index >= 15 is 0 Å². The lowest BCUT2D eigenvalue weighted by molar-refractivity contribution is -0.138. The molecule has 3 rings (SSSR count). The van der Waals surface area contributed by atoms with Crippen molar-refractivity contribution >= 4 is 18.0 Å². The number of carbonyl (C=O) groups excluding carboxylic acids is 2. The first-order valence-electron chi connectivity index (χ1n) is 10.0. The summed E-state index contributed by atoms with van der Waals surface area (Å²) in [4.78, 5) is 28.0. The number of guanidine groups is 1. The van der Waals surface area contributed by atoms with E-state index in [0.717, 1.165) is 11.1 Å². The Kier molecular flexibility index (Phi) is 6.72. The molecule has 0 bridgehead atoms. The van der Waals surface area contributed by atoms with Gasteiger partial charge < -0.3 is 14.5 Å². The molecule has 1 aliphatic heterocycles. The molecular formula is C23H28N4O3. The van der Waals surface area contributed by atoms with Gasteiger partial charge in [-0.25, -0.2) is 4.79 Å². The van der Waals surface area contributed by atoms with Crippen LogP contribution in [0.25, 0.3) is 0 Å². The van der Waals surface area contributed by atoms with E-state index in [1.165, 1.54) is 7.11 Å². The summed E-state index contributed by atoms with van der Waals surface area (Å²) >= 11 is 0. The number of ether oxygens (including phenoxy) is 1. The van der Waals surface area contributed by atoms with E-state index in [1.807, 2.05) is 55.1 Å². The molecule has 2 aromatic carbocycles. The Morgan fingerprint density at radius 3 is 2.07 bits per heavy atom. The summed E-state index contributed by atoms with van der Waals surface area (Å²) < 4.78 is 4.65. The van der Waals surface area contributed by atoms with Crippen LogP contribution in [0.3, 0.4) is 0 Å². The van der Waals surface area contributed by atoms with Crippen LogP contribution in [0.2, 0.25) is 0 Å². The van der Waals surface area contributed by atoms with Crippen LogP contribution in [0.15, 0.2) is 60.7 Å². The van der Waals surface area contributed by atoms with E-state index in [2.05, 4.69) is 34.3 Å². The Morgan fingerprint density at radius 2 is 1.60 bits per heavy atom. The molecule has 0 saturated carbocycles. The van der Waals surface area contributed by atoms with Crippen molar-refractivity contribution in [3.63, 3.8) is 0 Å². The lowest BCUT2D eigenvalue weighted by Crippen LogP contribution is -2.63. The molecule has 1 aliphatic rings. The number of nitrogens with zero attached hydrogens (tertiary/aromatic N) is 2. The summed E-state index contributed by atoms with van der Waals surface area (Å²) in [7, 11) is 1.25. The monoisotopic (exact) mass is 408 g/mol. The fraction of sp³-hybridized carbons (Fsp3) is 0.348. The molecule has 0 radical (unpaired) electrons. The highest BCUT2D eigenvalue weighted by Crippen LogP contribution is 2.33. The van der Waals surface area contributed by atoms with Gasteiger partial charge in [0.15, 0.2) is 0 Å². The number of piperazine rings is 1. The molecular weight excluding hydrogens is 380 g/mol. The number of hydrogen-bond acceptors (Lipinski definition) is 4. The molecule has 0 unspecified atom stereocenters. The van der Waals surface area contributed by atoms with Crippen molar-refractivity contribution in [1.82, 2.24) is 15.1 Å². The molecule has 1 fully saturated rings. The maximum atomic E-state index is 12.8. The normalized spacial score (nSPS) is 16.7. The second-order valence-corrected chi connectivity index (χ2v) is 7.60. The minimum absolute atomic E-state index is 0.0157. The average molecular weight is 409 g/mol. The van der Waals surface area contributed by atoms with E-state index in [-0.39, 0.29) is 36.4 Å². The first kappa shape index (κ1) is 21.4. The average Bonchev–Trinajstić information content (AvgIpc) is 2.75. The van der Waals surface area contributed by atoms with Crippen molar-refractivity contribution in [2.24, 2.45) is 0 Å². The van der Waals surface area contributed by atoms with Crippen molar-refractivity contribution in [2.75, 3.05) is 20.2 Å². The number of alkyl carbamates (subject to hydrolysis) is 1. The van der Waals surface area contributed by atoms with Gasteiger partial charge >= 0.3 is 6.09 Å². The molecule has 7 heteroatoms. The van der Waals surface area contributed by atoms with Crippen LogP contribution in [-0.2, 0) is 9.53 Å². The Morgan fingerprint density at radius 1 is 1.07 bits per heavy atom. The Bertz CT molecular complexity index is 846. The zero-order valence-electron chi connectivity index (χ0n) is 17.5. The topological polar surface area (TPSA) is 85.7 Å². The minimum atomic E-state index is -0.728. The van der Waals surface area contributed by atoms with Crippen molar-refractivity contribution in [3.8, 4) is 0 Å². The summed E-state index contributed by atoms with van der Waals surface area (Å²) in [5.74, 6) is -0.306. The summed E-state index contributed by atoms with van der Waals surface area (Å²) in [5, 5.41) is 10.9. The lowest BCUT2D eigenvalue weighted by Gasteiger charge is -2.46. The first-order chi connectivity index (χ1) is 14.4. The van der Waals surface area contributed by atoms with Crippen LogP contribution >= 0.6 is 0 Å². The van der Waals surface area contributed by atoms with Gasteiger partial charge in [-0.1, -0.05) is 60.7 Å². The molecule has 7 nitrogen and oxygen atoms in total. The summed E-state index contributed by atoms with van der Waals surface area (Å²) in [6.07, 6.45) is -0.728. The Balaban J connectivity index is 2.06. The van der Waals surface area contributed by atoms with Crippen LogP contribution < -0.4 is 5.32 Å². The quantitative estimate of drug-likeness (QED) is 0.602. The second-order valence-electron chi connectivity index (χ2n) is 7.60. The molecule has 0 aromatic heterocycles. The molecule has 1 heterocycles. The zero-order valence-corrected chi connectivity index (χ0v) is 17.5. The van der Waals surface area contributed by atoms with Crippen LogP contribution in [-0.4, -0.2) is 60.0 Å². The van der Waals surface area contributed by atoms with Gasteiger partial charge in [0.25, 0.3) is 0 Å². The van der Waals surface area contributed by atoms with E-state index in [1.54, 1.807) is 4.90 Å². The maximum Gasteiger partial charge on any atom is 0.413 e. The van der Waals surface area contributed by atoms with Crippen LogP contribution in [0.5, 0.6) is 0 Å². The summed E-state index contributed by atoms with van der Waals surface area (Å²) in [6, 6.07) is 19.9. The summed E-state index contributed by atoms with van der Waals surface area (Å²) in [5.41, 5.74) is 2.17. The van der Waals surface area contributed by atoms with Crippen LogP contribution in [0.4, 0.5) is 4.79 Å². The minimum Gasteiger partial charge on any atom is -0.453 e. The molecule has 0 spiro atoms. The molecule has 30 heavy (non-hydrogen) atoms. The molecule has 158 valence electrons. The van der Waals surface area contributed by atoms with Gasteiger partial charge in [0.2, 0.25) is 11.9 Å². The van der Waals surface area contributed by atoms with E-state index in [9.17, 15) is 9.59 Å². The molecule has 2 amide bonds. The molecule has 2 N–H and O–H groups in total. The van der Waals surface area contributed by atoms with Crippen LogP contribution in [0, 0.1) is 5.41 Å². The number of benzene rings is 2. The van der Waals surface area contributed by atoms with Crippen molar-refractivity contribution < 1.29 is 14.3 Å². The molecule has 0 aliphatic carbocycles. The van der Waals surface area contributed by atoms with Gasteiger partial charge in [0.1, 0.15) is 6.54 Å². The van der Waals surface area contributed by atoms with Crippen molar-refractivity contribution in [3.05, 3.63) is 71.8 Å². The predicted octanol–water partition coefficient (Wildman–Crippen LogP) is 3.03. The molecule has 2 aromatic rings. The van der Waals surface area contributed by atoms with Crippen molar-refractivity contribution in [1.29, 1.82) is 5.41 Å². The molecule has 1 atom stereocenters. The highest BCUT2D eigenvalue weighted by Gasteiger charge is 2.40. The van der Waals surface area contributed by atoms with Gasteiger partial charge in [-0.3, -0.25) is 15.5 Å². The number of carbonyl (C=O) groups is 2.